The number of hydrogen-bond donors (Lipinski definition) is 2. The molecule has 4 aliphatic rings. The summed E-state index contributed by atoms with van der Waals surface area (Å²) in [5, 5.41) is 21.2. The molecule has 4 heteroatoms. The normalized spacial score (nSPS) is 57.1. The second kappa shape index (κ2) is 5.91. The average molecular weight is 354 g/mol. The van der Waals surface area contributed by atoms with Crippen LogP contribution in [-0.2, 0) is 4.52 Å². The van der Waals surface area contributed by atoms with Gasteiger partial charge in [0.15, 0.2) is 0 Å². The molecule has 138 valence electrons. The molecular formula is C20H35O3P. The van der Waals surface area contributed by atoms with E-state index in [9.17, 15) is 10.2 Å². The van der Waals surface area contributed by atoms with E-state index in [4.69, 9.17) is 4.52 Å². The first-order chi connectivity index (χ1) is 11.3. The lowest BCUT2D eigenvalue weighted by Crippen LogP contribution is -2.58. The van der Waals surface area contributed by atoms with Crippen LogP contribution in [0.15, 0.2) is 0 Å². The molecule has 0 bridgehead atoms. The van der Waals surface area contributed by atoms with Crippen molar-refractivity contribution in [3.05, 3.63) is 0 Å². The molecule has 0 aromatic carbocycles. The summed E-state index contributed by atoms with van der Waals surface area (Å²) in [7, 11) is 2.48. The molecule has 0 spiro atoms. The number of aliphatic hydroxyl groups is 2. The van der Waals surface area contributed by atoms with Crippen molar-refractivity contribution in [3.63, 3.8) is 0 Å². The molecule has 4 fully saturated rings. The Kier molecular flexibility index (Phi) is 4.36. The number of fused-ring (bicyclic) bond motifs is 5. The maximum absolute atomic E-state index is 10.6. The smallest absolute Gasteiger partial charge is 0.0622 e. The van der Waals surface area contributed by atoms with Crippen LogP contribution in [-0.4, -0.2) is 28.5 Å². The van der Waals surface area contributed by atoms with Gasteiger partial charge in [-0.05, 0) is 93.8 Å². The predicted molar refractivity (Wildman–Crippen MR) is 98.3 cm³/mol. The van der Waals surface area contributed by atoms with Gasteiger partial charge in [0.2, 0.25) is 0 Å². The van der Waals surface area contributed by atoms with E-state index >= 15 is 0 Å². The third-order valence-electron chi connectivity index (χ3n) is 8.95. The first-order valence-corrected chi connectivity index (χ1v) is 10.5. The van der Waals surface area contributed by atoms with Gasteiger partial charge in [-0.15, -0.1) is 0 Å². The summed E-state index contributed by atoms with van der Waals surface area (Å²) in [6.07, 6.45) is 9.98. The molecule has 4 rings (SSSR count). The molecule has 2 unspecified atom stereocenters. The van der Waals surface area contributed by atoms with Gasteiger partial charge in [0, 0.05) is 14.9 Å². The molecule has 0 aliphatic heterocycles. The Morgan fingerprint density at radius 2 is 1.79 bits per heavy atom. The van der Waals surface area contributed by atoms with Crippen LogP contribution in [0.25, 0.3) is 0 Å². The molecule has 0 saturated heterocycles. The first kappa shape index (κ1) is 17.7. The average Bonchev–Trinajstić information content (AvgIpc) is 2.83. The highest BCUT2D eigenvalue weighted by Crippen LogP contribution is 2.67. The molecule has 0 radical (unpaired) electrons. The van der Waals surface area contributed by atoms with Gasteiger partial charge in [-0.25, -0.2) is 0 Å². The van der Waals surface area contributed by atoms with Gasteiger partial charge in [-0.2, -0.15) is 0 Å². The van der Waals surface area contributed by atoms with Gasteiger partial charge in [-0.3, -0.25) is 0 Å². The van der Waals surface area contributed by atoms with Crippen molar-refractivity contribution < 1.29 is 14.7 Å². The van der Waals surface area contributed by atoms with Crippen molar-refractivity contribution in [1.29, 1.82) is 0 Å². The van der Waals surface area contributed by atoms with Crippen LogP contribution < -0.4 is 0 Å². The molecule has 3 nitrogen and oxygen atoms in total. The van der Waals surface area contributed by atoms with E-state index in [0.29, 0.717) is 11.8 Å². The van der Waals surface area contributed by atoms with Gasteiger partial charge in [0.25, 0.3) is 0 Å². The summed E-state index contributed by atoms with van der Waals surface area (Å²) in [5.41, 5.74) is -0.0897. The molecule has 9 atom stereocenters. The van der Waals surface area contributed by atoms with Gasteiger partial charge in [0.1, 0.15) is 0 Å². The van der Waals surface area contributed by atoms with Crippen LogP contribution in [0.3, 0.4) is 0 Å². The zero-order valence-electron chi connectivity index (χ0n) is 15.3. The van der Waals surface area contributed by atoms with Crippen LogP contribution in [0.2, 0.25) is 0 Å². The van der Waals surface area contributed by atoms with E-state index in [-0.39, 0.29) is 16.9 Å². The Morgan fingerprint density at radius 1 is 1.00 bits per heavy atom. The standard InChI is InChI=1S/C20H35O3P/c1-18(22)9-10-20(12-23-24)13(11-18)3-4-14-15-5-6-17(21)19(15,2)8-7-16(14)20/h13-17,21-22H,3-12,24H2,1-2H3/t13-,14-,15-,16-,17?,18+,19-,20+/m0/s1. The highest BCUT2D eigenvalue weighted by Gasteiger charge is 2.62. The fraction of sp³-hybridized carbons (Fsp3) is 1.00. The SMILES string of the molecule is C[C@@]1(O)CC[C@@]2(COP)[C@@H](CC[C@@H]3[C@@H]2CC[C@]2(C)C(O)CC[C@@H]32)C1. The minimum absolute atomic E-state index is 0.0952. The summed E-state index contributed by atoms with van der Waals surface area (Å²) < 4.78 is 5.70. The Labute approximate surface area is 149 Å². The largest absolute Gasteiger partial charge is 0.393 e. The van der Waals surface area contributed by atoms with Crippen molar-refractivity contribution in [2.75, 3.05) is 6.61 Å². The van der Waals surface area contributed by atoms with Gasteiger partial charge in [0.05, 0.1) is 18.3 Å². The quantitative estimate of drug-likeness (QED) is 0.739. The summed E-state index contributed by atoms with van der Waals surface area (Å²) in [4.78, 5) is 0. The monoisotopic (exact) mass is 354 g/mol. The maximum atomic E-state index is 10.6. The Bertz CT molecular complexity index is 495. The first-order valence-electron chi connectivity index (χ1n) is 10.0. The van der Waals surface area contributed by atoms with Crippen LogP contribution in [0.1, 0.15) is 71.6 Å². The molecule has 24 heavy (non-hydrogen) atoms. The molecule has 4 saturated carbocycles. The van der Waals surface area contributed by atoms with Crippen LogP contribution in [0.5, 0.6) is 0 Å². The van der Waals surface area contributed by atoms with E-state index in [1.165, 1.54) is 32.1 Å². The Balaban J connectivity index is 1.65. The van der Waals surface area contributed by atoms with Crippen molar-refractivity contribution >= 4 is 9.47 Å². The number of rotatable bonds is 2. The zero-order valence-corrected chi connectivity index (χ0v) is 16.5. The lowest BCUT2D eigenvalue weighted by atomic mass is 9.44. The van der Waals surface area contributed by atoms with Crippen molar-refractivity contribution in [2.45, 2.75) is 83.3 Å². The van der Waals surface area contributed by atoms with E-state index in [1.54, 1.807) is 0 Å². The lowest BCUT2D eigenvalue weighted by molar-refractivity contribution is -0.169. The Hall–Kier alpha value is 0.310. The predicted octanol–water partition coefficient (Wildman–Crippen LogP) is 3.93. The minimum Gasteiger partial charge on any atom is -0.393 e. The minimum atomic E-state index is -0.491. The van der Waals surface area contributed by atoms with Gasteiger partial charge in [-0.1, -0.05) is 6.92 Å². The van der Waals surface area contributed by atoms with Crippen LogP contribution >= 0.6 is 9.47 Å². The highest BCUT2D eigenvalue weighted by molar-refractivity contribution is 7.09. The third kappa shape index (κ3) is 2.45. The third-order valence-corrected chi connectivity index (χ3v) is 9.12. The van der Waals surface area contributed by atoms with Crippen LogP contribution in [0.4, 0.5) is 0 Å². The molecule has 2 N–H and O–H groups in total. The van der Waals surface area contributed by atoms with Crippen molar-refractivity contribution in [2.24, 2.45) is 34.5 Å². The molecular weight excluding hydrogens is 319 g/mol. The Morgan fingerprint density at radius 3 is 2.54 bits per heavy atom. The van der Waals surface area contributed by atoms with E-state index < -0.39 is 5.60 Å². The van der Waals surface area contributed by atoms with Crippen LogP contribution in [0, 0.1) is 34.5 Å². The second-order valence-electron chi connectivity index (χ2n) is 10.0. The summed E-state index contributed by atoms with van der Waals surface area (Å²) in [5.74, 6) is 2.76. The van der Waals surface area contributed by atoms with Crippen molar-refractivity contribution in [1.82, 2.24) is 0 Å². The topological polar surface area (TPSA) is 49.7 Å². The van der Waals surface area contributed by atoms with E-state index in [1.807, 2.05) is 6.92 Å². The molecule has 0 aromatic rings. The van der Waals surface area contributed by atoms with Gasteiger partial charge < -0.3 is 14.7 Å². The summed E-state index contributed by atoms with van der Waals surface area (Å²) in [6.45, 7) is 5.20. The molecule has 0 aromatic heterocycles. The van der Waals surface area contributed by atoms with E-state index in [0.717, 1.165) is 44.1 Å². The maximum Gasteiger partial charge on any atom is 0.0622 e. The summed E-state index contributed by atoms with van der Waals surface area (Å²) in [6, 6.07) is 0. The van der Waals surface area contributed by atoms with Crippen molar-refractivity contribution in [3.8, 4) is 0 Å². The lowest BCUT2D eigenvalue weighted by Gasteiger charge is -2.62. The molecule has 0 heterocycles. The zero-order chi connectivity index (χ0) is 17.2. The fourth-order valence-corrected chi connectivity index (χ4v) is 7.95. The molecule has 0 amide bonds. The molecule has 4 aliphatic carbocycles. The highest BCUT2D eigenvalue weighted by atomic mass is 31.0. The van der Waals surface area contributed by atoms with Gasteiger partial charge >= 0.3 is 0 Å². The number of aliphatic hydroxyl groups excluding tert-OH is 1. The second-order valence-corrected chi connectivity index (χ2v) is 10.4. The van der Waals surface area contributed by atoms with E-state index in [2.05, 4.69) is 16.4 Å². The number of hydrogen-bond acceptors (Lipinski definition) is 3. The fourth-order valence-electron chi connectivity index (χ4n) is 7.64. The summed E-state index contributed by atoms with van der Waals surface area (Å²) >= 11 is 0.